The molecule has 3 heteroatoms. The third-order valence-electron chi connectivity index (χ3n) is 2.62. The molecule has 0 spiro atoms. The van der Waals surface area contributed by atoms with E-state index in [-0.39, 0.29) is 6.04 Å². The maximum absolute atomic E-state index is 8.53. The second kappa shape index (κ2) is 5.95. The van der Waals surface area contributed by atoms with E-state index in [0.29, 0.717) is 0 Å². The number of nitrogens with zero attached hydrogens (tertiary/aromatic N) is 2. The molecule has 1 saturated heterocycles. The van der Waals surface area contributed by atoms with Gasteiger partial charge in [-0.3, -0.25) is 0 Å². The van der Waals surface area contributed by atoms with Crippen LogP contribution in [-0.4, -0.2) is 30.6 Å². The first-order valence-electron chi connectivity index (χ1n) is 5.20. The zero-order chi connectivity index (χ0) is 9.52. The molecular formula is C10H19N3. The van der Waals surface area contributed by atoms with Crippen LogP contribution in [0.5, 0.6) is 0 Å². The average molecular weight is 181 g/mol. The van der Waals surface area contributed by atoms with Gasteiger partial charge in [0.25, 0.3) is 0 Å². The Morgan fingerprint density at radius 1 is 1.23 bits per heavy atom. The van der Waals surface area contributed by atoms with Crippen molar-refractivity contribution < 1.29 is 0 Å². The minimum Gasteiger partial charge on any atom is -0.316 e. The third-order valence-corrected chi connectivity index (χ3v) is 2.62. The summed E-state index contributed by atoms with van der Waals surface area (Å²) in [6.45, 7) is 3.38. The Bertz CT molecular complexity index is 165. The molecule has 0 aliphatic carbocycles. The topological polar surface area (TPSA) is 53.1 Å². The quantitative estimate of drug-likeness (QED) is 0.709. The van der Waals surface area contributed by atoms with Crippen molar-refractivity contribution >= 4 is 0 Å². The summed E-state index contributed by atoms with van der Waals surface area (Å²) in [5.74, 6) is 0. The van der Waals surface area contributed by atoms with E-state index in [1.807, 2.05) is 0 Å². The second-order valence-corrected chi connectivity index (χ2v) is 3.78. The predicted octanol–water partition coefficient (Wildman–Crippen LogP) is 1.10. The van der Waals surface area contributed by atoms with E-state index in [0.717, 1.165) is 13.0 Å². The van der Waals surface area contributed by atoms with Gasteiger partial charge >= 0.3 is 0 Å². The van der Waals surface area contributed by atoms with Gasteiger partial charge in [-0.1, -0.05) is 12.8 Å². The van der Waals surface area contributed by atoms with Gasteiger partial charge < -0.3 is 10.6 Å². The largest absolute Gasteiger partial charge is 0.316 e. The van der Waals surface area contributed by atoms with E-state index in [1.165, 1.54) is 38.8 Å². The zero-order valence-electron chi connectivity index (χ0n) is 8.21. The van der Waals surface area contributed by atoms with Crippen LogP contribution in [0.4, 0.5) is 0 Å². The fourth-order valence-electron chi connectivity index (χ4n) is 1.75. The molecule has 74 valence electrons. The Kier molecular flexibility index (Phi) is 4.81. The van der Waals surface area contributed by atoms with E-state index >= 15 is 0 Å². The Morgan fingerprint density at radius 2 is 1.85 bits per heavy atom. The highest BCUT2D eigenvalue weighted by Gasteiger charge is 2.09. The van der Waals surface area contributed by atoms with E-state index < -0.39 is 0 Å². The molecule has 0 amide bonds. The van der Waals surface area contributed by atoms with Crippen molar-refractivity contribution in [2.24, 2.45) is 5.73 Å². The fraction of sp³-hybridized carbons (Fsp3) is 0.900. The van der Waals surface area contributed by atoms with E-state index in [1.54, 1.807) is 0 Å². The standard InChI is InChI=1S/C10H19N3/c11-9-10(12)5-8-13-6-3-1-2-4-7-13/h10H,1-8,12H2. The van der Waals surface area contributed by atoms with Gasteiger partial charge in [0.05, 0.1) is 12.1 Å². The number of rotatable bonds is 3. The molecule has 0 saturated carbocycles. The molecule has 0 aromatic rings. The molecule has 1 heterocycles. The molecule has 0 radical (unpaired) electrons. The molecular weight excluding hydrogens is 162 g/mol. The number of nitriles is 1. The van der Waals surface area contributed by atoms with Gasteiger partial charge in [0, 0.05) is 6.54 Å². The van der Waals surface area contributed by atoms with Crippen molar-refractivity contribution in [1.82, 2.24) is 4.90 Å². The molecule has 1 aliphatic heterocycles. The normalized spacial score (nSPS) is 21.8. The van der Waals surface area contributed by atoms with E-state index in [2.05, 4.69) is 11.0 Å². The van der Waals surface area contributed by atoms with Gasteiger partial charge in [-0.25, -0.2) is 0 Å². The summed E-state index contributed by atoms with van der Waals surface area (Å²) in [6.07, 6.45) is 6.15. The lowest BCUT2D eigenvalue weighted by molar-refractivity contribution is 0.278. The minimum absolute atomic E-state index is 0.275. The molecule has 1 fully saturated rings. The summed E-state index contributed by atoms with van der Waals surface area (Å²) in [7, 11) is 0. The first-order valence-corrected chi connectivity index (χ1v) is 5.20. The first-order chi connectivity index (χ1) is 6.33. The molecule has 1 aliphatic rings. The Morgan fingerprint density at radius 3 is 2.38 bits per heavy atom. The highest BCUT2D eigenvalue weighted by Crippen LogP contribution is 2.09. The zero-order valence-corrected chi connectivity index (χ0v) is 8.21. The van der Waals surface area contributed by atoms with Crippen LogP contribution in [0, 0.1) is 11.3 Å². The smallest absolute Gasteiger partial charge is 0.0940 e. The van der Waals surface area contributed by atoms with Crippen LogP contribution in [0.15, 0.2) is 0 Å². The summed E-state index contributed by atoms with van der Waals surface area (Å²) in [5.41, 5.74) is 5.54. The monoisotopic (exact) mass is 181 g/mol. The van der Waals surface area contributed by atoms with Crippen molar-refractivity contribution in [3.05, 3.63) is 0 Å². The van der Waals surface area contributed by atoms with Crippen LogP contribution in [0.2, 0.25) is 0 Å². The van der Waals surface area contributed by atoms with Crippen molar-refractivity contribution in [3.63, 3.8) is 0 Å². The van der Waals surface area contributed by atoms with Crippen molar-refractivity contribution in [2.75, 3.05) is 19.6 Å². The highest BCUT2D eigenvalue weighted by atomic mass is 15.1. The van der Waals surface area contributed by atoms with Crippen molar-refractivity contribution in [3.8, 4) is 6.07 Å². The fourth-order valence-corrected chi connectivity index (χ4v) is 1.75. The van der Waals surface area contributed by atoms with Crippen LogP contribution < -0.4 is 5.73 Å². The summed E-state index contributed by atoms with van der Waals surface area (Å²) < 4.78 is 0. The maximum atomic E-state index is 8.53. The number of hydrogen-bond donors (Lipinski definition) is 1. The molecule has 0 aromatic heterocycles. The minimum atomic E-state index is -0.275. The summed E-state index contributed by atoms with van der Waals surface area (Å²) in [4.78, 5) is 2.43. The maximum Gasteiger partial charge on any atom is 0.0940 e. The molecule has 0 aromatic carbocycles. The molecule has 1 unspecified atom stereocenters. The summed E-state index contributed by atoms with van der Waals surface area (Å²) in [6, 6.07) is 1.80. The molecule has 3 nitrogen and oxygen atoms in total. The van der Waals surface area contributed by atoms with Crippen LogP contribution >= 0.6 is 0 Å². The molecule has 1 atom stereocenters. The van der Waals surface area contributed by atoms with E-state index in [4.69, 9.17) is 11.0 Å². The molecule has 13 heavy (non-hydrogen) atoms. The Hall–Kier alpha value is -0.590. The van der Waals surface area contributed by atoms with Crippen LogP contribution in [-0.2, 0) is 0 Å². The predicted molar refractivity (Wildman–Crippen MR) is 53.1 cm³/mol. The number of hydrogen-bond acceptors (Lipinski definition) is 3. The lowest BCUT2D eigenvalue weighted by atomic mass is 10.2. The van der Waals surface area contributed by atoms with Gasteiger partial charge in [-0.15, -0.1) is 0 Å². The van der Waals surface area contributed by atoms with Gasteiger partial charge in [0.15, 0.2) is 0 Å². The summed E-state index contributed by atoms with van der Waals surface area (Å²) >= 11 is 0. The third kappa shape index (κ3) is 4.25. The Labute approximate surface area is 80.5 Å². The lowest BCUT2D eigenvalue weighted by Gasteiger charge is -2.19. The summed E-state index contributed by atoms with van der Waals surface area (Å²) in [5, 5.41) is 8.53. The van der Waals surface area contributed by atoms with Crippen LogP contribution in [0.1, 0.15) is 32.1 Å². The van der Waals surface area contributed by atoms with Gasteiger partial charge in [-0.05, 0) is 32.4 Å². The second-order valence-electron chi connectivity index (χ2n) is 3.78. The molecule has 1 rings (SSSR count). The molecule has 0 bridgehead atoms. The van der Waals surface area contributed by atoms with Crippen LogP contribution in [0.3, 0.4) is 0 Å². The van der Waals surface area contributed by atoms with Gasteiger partial charge in [0.2, 0.25) is 0 Å². The SMILES string of the molecule is N#CC(N)CCN1CCCCCC1. The first kappa shape index (κ1) is 10.5. The van der Waals surface area contributed by atoms with Crippen LogP contribution in [0.25, 0.3) is 0 Å². The highest BCUT2D eigenvalue weighted by molar-refractivity contribution is 4.86. The Balaban J connectivity index is 2.16. The van der Waals surface area contributed by atoms with Crippen molar-refractivity contribution in [2.45, 2.75) is 38.1 Å². The van der Waals surface area contributed by atoms with Crippen molar-refractivity contribution in [1.29, 1.82) is 5.26 Å². The van der Waals surface area contributed by atoms with Gasteiger partial charge in [-0.2, -0.15) is 5.26 Å². The number of likely N-dealkylation sites (tertiary alicyclic amines) is 1. The lowest BCUT2D eigenvalue weighted by Crippen LogP contribution is -2.30. The van der Waals surface area contributed by atoms with Gasteiger partial charge in [0.1, 0.15) is 0 Å². The number of nitrogens with two attached hydrogens (primary N) is 1. The average Bonchev–Trinajstić information content (AvgIpc) is 2.42. The molecule has 2 N–H and O–H groups in total. The van der Waals surface area contributed by atoms with E-state index in [9.17, 15) is 0 Å².